The molecule has 0 aliphatic rings. The van der Waals surface area contributed by atoms with Gasteiger partial charge in [-0.05, 0) is 30.7 Å². The molecule has 3 aromatic carbocycles. The second-order valence-electron chi connectivity index (χ2n) is 6.18. The first-order valence-corrected chi connectivity index (χ1v) is 9.73. The molecule has 3 aromatic rings. The van der Waals surface area contributed by atoms with Gasteiger partial charge in [0.2, 0.25) is 15.7 Å². The van der Waals surface area contributed by atoms with Gasteiger partial charge in [0.15, 0.2) is 23.3 Å². The van der Waals surface area contributed by atoms with Gasteiger partial charge in [-0.1, -0.05) is 48.0 Å². The summed E-state index contributed by atoms with van der Waals surface area (Å²) in [5, 5.41) is 0. The number of sulfone groups is 1. The zero-order valence-corrected chi connectivity index (χ0v) is 15.7. The molecular formula is C21H13F5O2S. The summed E-state index contributed by atoms with van der Waals surface area (Å²) >= 11 is 0. The van der Waals surface area contributed by atoms with Crippen LogP contribution < -0.4 is 0 Å². The van der Waals surface area contributed by atoms with E-state index in [0.29, 0.717) is 5.56 Å². The molecule has 0 fully saturated rings. The van der Waals surface area contributed by atoms with Crippen LogP contribution in [-0.4, -0.2) is 8.42 Å². The van der Waals surface area contributed by atoms with Gasteiger partial charge < -0.3 is 0 Å². The summed E-state index contributed by atoms with van der Waals surface area (Å²) in [6.07, 6.45) is 0.869. The van der Waals surface area contributed by atoms with E-state index < -0.39 is 49.4 Å². The number of hydrogen-bond acceptors (Lipinski definition) is 2. The highest BCUT2D eigenvalue weighted by atomic mass is 32.2. The maximum absolute atomic E-state index is 14.4. The number of benzene rings is 3. The molecule has 0 saturated heterocycles. The molecule has 0 N–H and O–H groups in total. The molecule has 29 heavy (non-hydrogen) atoms. The largest absolute Gasteiger partial charge is 0.218 e. The van der Waals surface area contributed by atoms with Crippen LogP contribution in [0.1, 0.15) is 16.7 Å². The molecule has 0 aromatic heterocycles. The minimum absolute atomic E-state index is 0.196. The van der Waals surface area contributed by atoms with Crippen molar-refractivity contribution in [3.8, 4) is 0 Å². The van der Waals surface area contributed by atoms with Crippen molar-refractivity contribution < 1.29 is 30.4 Å². The highest BCUT2D eigenvalue weighted by Crippen LogP contribution is 2.36. The minimum Gasteiger partial charge on any atom is -0.218 e. The monoisotopic (exact) mass is 424 g/mol. The summed E-state index contributed by atoms with van der Waals surface area (Å²) in [4.78, 5) is -1.39. The van der Waals surface area contributed by atoms with Crippen LogP contribution in [0, 0.1) is 36.0 Å². The molecule has 0 aliphatic heterocycles. The number of hydrogen-bond donors (Lipinski definition) is 0. The summed E-state index contributed by atoms with van der Waals surface area (Å²) in [5.74, 6) is -11.3. The smallest absolute Gasteiger partial charge is 0.207 e. The van der Waals surface area contributed by atoms with E-state index in [1.54, 1.807) is 13.0 Å². The third-order valence-electron chi connectivity index (χ3n) is 4.17. The molecule has 0 aliphatic carbocycles. The van der Waals surface area contributed by atoms with Crippen LogP contribution in [0.5, 0.6) is 0 Å². The topological polar surface area (TPSA) is 34.1 Å². The zero-order valence-electron chi connectivity index (χ0n) is 14.9. The Labute approximate surface area is 163 Å². The van der Waals surface area contributed by atoms with Crippen LogP contribution in [0.2, 0.25) is 0 Å². The second-order valence-corrected chi connectivity index (χ2v) is 8.10. The van der Waals surface area contributed by atoms with Crippen molar-refractivity contribution in [2.75, 3.05) is 0 Å². The maximum Gasteiger partial charge on any atom is 0.207 e. The van der Waals surface area contributed by atoms with Gasteiger partial charge in [0.25, 0.3) is 0 Å². The molecule has 0 spiro atoms. The van der Waals surface area contributed by atoms with Crippen molar-refractivity contribution in [2.45, 2.75) is 11.8 Å². The van der Waals surface area contributed by atoms with Crippen LogP contribution in [0.4, 0.5) is 22.0 Å². The van der Waals surface area contributed by atoms with Crippen LogP contribution in [0.15, 0.2) is 59.5 Å². The average Bonchev–Trinajstić information content (AvgIpc) is 2.71. The number of aryl methyl sites for hydroxylation is 1. The van der Waals surface area contributed by atoms with Gasteiger partial charge >= 0.3 is 0 Å². The molecule has 8 heteroatoms. The lowest BCUT2D eigenvalue weighted by Gasteiger charge is -2.14. The second kappa shape index (κ2) is 7.79. The van der Waals surface area contributed by atoms with Gasteiger partial charge in [-0.15, -0.1) is 0 Å². The van der Waals surface area contributed by atoms with Crippen LogP contribution in [0.3, 0.4) is 0 Å². The van der Waals surface area contributed by atoms with Gasteiger partial charge in [0, 0.05) is 0 Å². The number of halogens is 5. The lowest BCUT2D eigenvalue weighted by molar-refractivity contribution is 0.376. The Morgan fingerprint density at radius 3 is 1.72 bits per heavy atom. The molecule has 0 bridgehead atoms. The minimum atomic E-state index is -4.64. The fourth-order valence-electron chi connectivity index (χ4n) is 2.65. The Bertz CT molecular complexity index is 1170. The first-order valence-electron chi connectivity index (χ1n) is 8.25. The lowest BCUT2D eigenvalue weighted by Crippen LogP contribution is -2.12. The van der Waals surface area contributed by atoms with Crippen molar-refractivity contribution >= 4 is 20.8 Å². The molecule has 0 heterocycles. The van der Waals surface area contributed by atoms with Crippen molar-refractivity contribution in [3.05, 3.63) is 100 Å². The van der Waals surface area contributed by atoms with Crippen molar-refractivity contribution in [1.29, 1.82) is 0 Å². The molecular weight excluding hydrogens is 411 g/mol. The van der Waals surface area contributed by atoms with E-state index in [-0.39, 0.29) is 10.5 Å². The van der Waals surface area contributed by atoms with E-state index in [2.05, 4.69) is 0 Å². The standard InChI is InChI=1S/C21H13F5O2S/c1-12-7-9-14(10-8-12)29(27,28)15(11-13-5-3-2-4-6-13)16-17(22)19(24)21(26)20(25)18(16)23/h2-11H,1H3/b15-11-. The molecule has 2 nitrogen and oxygen atoms in total. The summed E-state index contributed by atoms with van der Waals surface area (Å²) in [7, 11) is -4.64. The van der Waals surface area contributed by atoms with Gasteiger partial charge in [-0.3, -0.25) is 0 Å². The first-order chi connectivity index (χ1) is 13.6. The predicted molar refractivity (Wildman–Crippen MR) is 98.9 cm³/mol. The average molecular weight is 424 g/mol. The van der Waals surface area contributed by atoms with E-state index in [1.807, 2.05) is 0 Å². The summed E-state index contributed by atoms with van der Waals surface area (Å²) in [6, 6.07) is 12.8. The Balaban J connectivity index is 2.38. The Hall–Kier alpha value is -3.00. The molecule has 3 rings (SSSR count). The van der Waals surface area contributed by atoms with Gasteiger partial charge in [-0.2, -0.15) is 0 Å². The number of rotatable bonds is 4. The van der Waals surface area contributed by atoms with Gasteiger partial charge in [0.1, 0.15) is 0 Å². The highest BCUT2D eigenvalue weighted by Gasteiger charge is 2.33. The SMILES string of the molecule is Cc1ccc(S(=O)(=O)/C(=C\c2ccccc2)c2c(F)c(F)c(F)c(F)c2F)cc1. The quantitative estimate of drug-likeness (QED) is 0.234. The fraction of sp³-hybridized carbons (Fsp3) is 0.0476. The lowest BCUT2D eigenvalue weighted by atomic mass is 10.1. The van der Waals surface area contributed by atoms with Gasteiger partial charge in [0.05, 0.1) is 15.4 Å². The first kappa shape index (κ1) is 20.7. The third-order valence-corrected chi connectivity index (χ3v) is 5.97. The third kappa shape index (κ3) is 3.80. The van der Waals surface area contributed by atoms with Crippen molar-refractivity contribution in [3.63, 3.8) is 0 Å². The van der Waals surface area contributed by atoms with Crippen molar-refractivity contribution in [2.24, 2.45) is 0 Å². The van der Waals surface area contributed by atoms with Gasteiger partial charge in [-0.25, -0.2) is 30.4 Å². The molecule has 0 atom stereocenters. The molecule has 150 valence electrons. The summed E-state index contributed by atoms with van der Waals surface area (Å²) in [5.41, 5.74) is -0.596. The van der Waals surface area contributed by atoms with E-state index in [9.17, 15) is 30.4 Å². The maximum atomic E-state index is 14.4. The molecule has 0 saturated carbocycles. The molecule has 0 unspecified atom stereocenters. The van der Waals surface area contributed by atoms with E-state index in [0.717, 1.165) is 6.08 Å². The van der Waals surface area contributed by atoms with Crippen LogP contribution in [0.25, 0.3) is 11.0 Å². The highest BCUT2D eigenvalue weighted by molar-refractivity contribution is 8.00. The normalized spacial score (nSPS) is 12.3. The van der Waals surface area contributed by atoms with E-state index >= 15 is 0 Å². The Morgan fingerprint density at radius 2 is 1.21 bits per heavy atom. The summed E-state index contributed by atoms with van der Waals surface area (Å²) in [6.45, 7) is 1.70. The van der Waals surface area contributed by atoms with E-state index in [4.69, 9.17) is 0 Å². The van der Waals surface area contributed by atoms with Crippen LogP contribution in [-0.2, 0) is 9.84 Å². The fourth-order valence-corrected chi connectivity index (χ4v) is 4.14. The van der Waals surface area contributed by atoms with Crippen LogP contribution >= 0.6 is 0 Å². The molecule has 0 radical (unpaired) electrons. The Morgan fingerprint density at radius 1 is 0.724 bits per heavy atom. The van der Waals surface area contributed by atoms with Crippen molar-refractivity contribution in [1.82, 2.24) is 0 Å². The molecule has 0 amide bonds. The Kier molecular flexibility index (Phi) is 5.57. The zero-order chi connectivity index (χ0) is 21.3. The predicted octanol–water partition coefficient (Wildman–Crippen LogP) is 5.66. The van der Waals surface area contributed by atoms with E-state index in [1.165, 1.54) is 48.5 Å². The summed E-state index contributed by atoms with van der Waals surface area (Å²) < 4.78 is 96.1.